The van der Waals surface area contributed by atoms with Crippen LogP contribution in [0.5, 0.6) is 11.5 Å². The molecule has 19 heavy (non-hydrogen) atoms. The van der Waals surface area contributed by atoms with E-state index in [1.165, 1.54) is 14.2 Å². The van der Waals surface area contributed by atoms with Gasteiger partial charge in [-0.05, 0) is 28.1 Å². The number of nitrogens with zero attached hydrogens (tertiary/aromatic N) is 1. The molecule has 0 aliphatic heterocycles. The molecule has 0 N–H and O–H groups in total. The van der Waals surface area contributed by atoms with E-state index in [4.69, 9.17) is 14.2 Å². The smallest absolute Gasteiger partial charge is 0.357 e. The molecule has 1 aromatic carbocycles. The van der Waals surface area contributed by atoms with E-state index in [2.05, 4.69) is 20.9 Å². The van der Waals surface area contributed by atoms with Crippen LogP contribution in [0.1, 0.15) is 10.5 Å². The molecule has 0 aliphatic rings. The van der Waals surface area contributed by atoms with Gasteiger partial charge in [-0.3, -0.25) is 0 Å². The molecule has 100 valence electrons. The van der Waals surface area contributed by atoms with Gasteiger partial charge < -0.3 is 14.2 Å². The molecule has 0 saturated carbocycles. The van der Waals surface area contributed by atoms with Crippen molar-refractivity contribution in [3.63, 3.8) is 0 Å². The summed E-state index contributed by atoms with van der Waals surface area (Å²) in [7, 11) is 4.40. The van der Waals surface area contributed by atoms with Gasteiger partial charge in [-0.15, -0.1) is 0 Å². The maximum Gasteiger partial charge on any atom is 0.357 e. The zero-order valence-electron chi connectivity index (χ0n) is 10.7. The monoisotopic (exact) mass is 325 g/mol. The van der Waals surface area contributed by atoms with Crippen molar-refractivity contribution in [3.8, 4) is 11.5 Å². The van der Waals surface area contributed by atoms with Gasteiger partial charge in [0.15, 0.2) is 17.2 Å². The third-order valence-electron chi connectivity index (χ3n) is 2.73. The van der Waals surface area contributed by atoms with Gasteiger partial charge >= 0.3 is 5.97 Å². The van der Waals surface area contributed by atoms with Crippen LogP contribution in [0.25, 0.3) is 10.8 Å². The topological polar surface area (TPSA) is 57.7 Å². The van der Waals surface area contributed by atoms with Crippen LogP contribution in [0, 0.1) is 0 Å². The highest BCUT2D eigenvalue weighted by Crippen LogP contribution is 2.41. The minimum absolute atomic E-state index is 0.238. The fourth-order valence-corrected chi connectivity index (χ4v) is 2.54. The van der Waals surface area contributed by atoms with Crippen LogP contribution in [0.15, 0.2) is 22.8 Å². The van der Waals surface area contributed by atoms with Crippen LogP contribution in [0.2, 0.25) is 0 Å². The molecular formula is C13H12BrNO4. The zero-order valence-corrected chi connectivity index (χ0v) is 12.3. The molecule has 0 bridgehead atoms. The second kappa shape index (κ2) is 5.44. The van der Waals surface area contributed by atoms with E-state index in [1.54, 1.807) is 25.4 Å². The Hall–Kier alpha value is -1.82. The number of pyridine rings is 1. The van der Waals surface area contributed by atoms with E-state index in [9.17, 15) is 4.79 Å². The Labute approximate surface area is 118 Å². The highest BCUT2D eigenvalue weighted by atomic mass is 79.9. The van der Waals surface area contributed by atoms with E-state index >= 15 is 0 Å². The van der Waals surface area contributed by atoms with Crippen molar-refractivity contribution in [2.24, 2.45) is 0 Å². The number of methoxy groups -OCH3 is 3. The molecule has 2 aromatic rings. The lowest BCUT2D eigenvalue weighted by Crippen LogP contribution is -2.05. The van der Waals surface area contributed by atoms with Gasteiger partial charge in [-0.2, -0.15) is 0 Å². The third kappa shape index (κ3) is 2.23. The first-order chi connectivity index (χ1) is 9.13. The van der Waals surface area contributed by atoms with Gasteiger partial charge in [0.1, 0.15) is 0 Å². The van der Waals surface area contributed by atoms with Crippen LogP contribution < -0.4 is 9.47 Å². The number of aromatic nitrogens is 1. The van der Waals surface area contributed by atoms with E-state index in [-0.39, 0.29) is 5.69 Å². The van der Waals surface area contributed by atoms with Gasteiger partial charge in [-0.25, -0.2) is 9.78 Å². The van der Waals surface area contributed by atoms with Gasteiger partial charge in [0, 0.05) is 17.0 Å². The highest BCUT2D eigenvalue weighted by molar-refractivity contribution is 9.10. The summed E-state index contributed by atoms with van der Waals surface area (Å²) in [4.78, 5) is 15.8. The highest BCUT2D eigenvalue weighted by Gasteiger charge is 2.18. The van der Waals surface area contributed by atoms with Gasteiger partial charge in [0.2, 0.25) is 0 Å². The SMILES string of the molecule is COC(=O)c1nccc2c(Br)c(OC)c(OC)cc12. The van der Waals surface area contributed by atoms with E-state index in [0.29, 0.717) is 21.4 Å². The molecule has 1 heterocycles. The standard InChI is InChI=1S/C13H12BrNO4/c1-17-9-6-8-7(10(14)12(9)18-2)4-5-15-11(8)13(16)19-3/h4-6H,1-3H3. The maximum absolute atomic E-state index is 11.7. The largest absolute Gasteiger partial charge is 0.493 e. The van der Waals surface area contributed by atoms with Crippen molar-refractivity contribution in [3.05, 3.63) is 28.5 Å². The van der Waals surface area contributed by atoms with Crippen molar-refractivity contribution in [2.75, 3.05) is 21.3 Å². The van der Waals surface area contributed by atoms with Crippen molar-refractivity contribution in [1.82, 2.24) is 4.98 Å². The first kappa shape index (κ1) is 13.6. The number of carbonyl (C=O) groups is 1. The molecule has 0 unspecified atom stereocenters. The molecule has 0 amide bonds. The number of fused-ring (bicyclic) bond motifs is 1. The van der Waals surface area contributed by atoms with Crippen molar-refractivity contribution in [1.29, 1.82) is 0 Å². The molecular weight excluding hydrogens is 314 g/mol. The lowest BCUT2D eigenvalue weighted by Gasteiger charge is -2.13. The Morgan fingerprint density at radius 1 is 1.21 bits per heavy atom. The fraction of sp³-hybridized carbons (Fsp3) is 0.231. The molecule has 0 spiro atoms. The predicted octanol–water partition coefficient (Wildman–Crippen LogP) is 2.80. The lowest BCUT2D eigenvalue weighted by atomic mass is 10.1. The van der Waals surface area contributed by atoms with Gasteiger partial charge in [0.05, 0.1) is 25.8 Å². The minimum Gasteiger partial charge on any atom is -0.493 e. The third-order valence-corrected chi connectivity index (χ3v) is 3.52. The van der Waals surface area contributed by atoms with E-state index in [1.807, 2.05) is 0 Å². The minimum atomic E-state index is -0.496. The van der Waals surface area contributed by atoms with Crippen LogP contribution in [0.3, 0.4) is 0 Å². The lowest BCUT2D eigenvalue weighted by molar-refractivity contribution is 0.0596. The number of esters is 1. The molecule has 1 aromatic heterocycles. The number of benzene rings is 1. The molecule has 0 aliphatic carbocycles. The first-order valence-corrected chi connectivity index (χ1v) is 6.20. The Kier molecular flexibility index (Phi) is 3.90. The number of hydrogen-bond acceptors (Lipinski definition) is 5. The summed E-state index contributed by atoms with van der Waals surface area (Å²) in [6, 6.07) is 3.49. The number of rotatable bonds is 3. The Bertz CT molecular complexity index is 642. The molecule has 2 rings (SSSR count). The average molecular weight is 326 g/mol. The first-order valence-electron chi connectivity index (χ1n) is 5.41. The van der Waals surface area contributed by atoms with E-state index < -0.39 is 5.97 Å². The summed E-state index contributed by atoms with van der Waals surface area (Å²) in [6.45, 7) is 0. The molecule has 0 saturated heterocycles. The summed E-state index contributed by atoms with van der Waals surface area (Å²) in [5.41, 5.74) is 0.238. The molecule has 0 atom stereocenters. The van der Waals surface area contributed by atoms with Crippen LogP contribution in [-0.2, 0) is 4.74 Å². The number of hydrogen-bond donors (Lipinski definition) is 0. The predicted molar refractivity (Wildman–Crippen MR) is 73.9 cm³/mol. The maximum atomic E-state index is 11.7. The van der Waals surface area contributed by atoms with Crippen LogP contribution in [0.4, 0.5) is 0 Å². The Morgan fingerprint density at radius 3 is 2.53 bits per heavy atom. The molecule has 0 radical (unpaired) electrons. The average Bonchev–Trinajstić information content (AvgIpc) is 2.45. The number of ether oxygens (including phenoxy) is 3. The van der Waals surface area contributed by atoms with Crippen molar-refractivity contribution >= 4 is 32.7 Å². The summed E-state index contributed by atoms with van der Waals surface area (Å²) in [6.07, 6.45) is 1.55. The summed E-state index contributed by atoms with van der Waals surface area (Å²) in [5, 5.41) is 1.44. The quantitative estimate of drug-likeness (QED) is 0.812. The summed E-state index contributed by atoms with van der Waals surface area (Å²) >= 11 is 3.45. The molecule has 0 fully saturated rings. The van der Waals surface area contributed by atoms with Gasteiger partial charge in [0.25, 0.3) is 0 Å². The molecule has 6 heteroatoms. The number of halogens is 1. The normalized spacial score (nSPS) is 10.3. The Morgan fingerprint density at radius 2 is 1.95 bits per heavy atom. The second-order valence-corrected chi connectivity index (χ2v) is 4.47. The van der Waals surface area contributed by atoms with Crippen LogP contribution in [-0.4, -0.2) is 32.3 Å². The number of carbonyl (C=O) groups excluding carboxylic acids is 1. The molecule has 5 nitrogen and oxygen atoms in total. The summed E-state index contributed by atoms with van der Waals surface area (Å²) < 4.78 is 16.0. The van der Waals surface area contributed by atoms with Crippen molar-refractivity contribution < 1.29 is 19.0 Å². The zero-order chi connectivity index (χ0) is 14.0. The van der Waals surface area contributed by atoms with Crippen LogP contribution >= 0.6 is 15.9 Å². The van der Waals surface area contributed by atoms with E-state index in [0.717, 1.165) is 5.39 Å². The van der Waals surface area contributed by atoms with Gasteiger partial charge in [-0.1, -0.05) is 0 Å². The summed E-state index contributed by atoms with van der Waals surface area (Å²) in [5.74, 6) is 0.585. The second-order valence-electron chi connectivity index (χ2n) is 3.67. The fourth-order valence-electron chi connectivity index (χ4n) is 1.84. The Balaban J connectivity index is 2.84. The van der Waals surface area contributed by atoms with Crippen molar-refractivity contribution in [2.45, 2.75) is 0 Å².